The molecule has 1 atom stereocenters. The number of hydrogen-bond donors (Lipinski definition) is 1. The highest BCUT2D eigenvalue weighted by Crippen LogP contribution is 2.17. The van der Waals surface area contributed by atoms with E-state index in [4.69, 9.17) is 4.52 Å². The van der Waals surface area contributed by atoms with Gasteiger partial charge in [-0.2, -0.15) is 4.98 Å². The van der Waals surface area contributed by atoms with Crippen LogP contribution >= 0.6 is 0 Å². The first-order chi connectivity index (χ1) is 8.90. The minimum Gasteiger partial charge on any atom is -0.343 e. The molecule has 0 bridgehead atoms. The quantitative estimate of drug-likeness (QED) is 0.815. The van der Waals surface area contributed by atoms with E-state index in [2.05, 4.69) is 46.6 Å². The monoisotopic (exact) mass is 245 g/mol. The first-order valence-electron chi connectivity index (χ1n) is 6.43. The topological polar surface area (TPSA) is 51.0 Å². The fourth-order valence-corrected chi connectivity index (χ4v) is 2.02. The van der Waals surface area contributed by atoms with Crippen molar-refractivity contribution in [2.75, 3.05) is 6.54 Å². The Labute approximate surface area is 107 Å². The fraction of sp³-hybridized carbons (Fsp3) is 0.429. The van der Waals surface area contributed by atoms with Crippen LogP contribution in [0.25, 0.3) is 0 Å². The average molecular weight is 245 g/mol. The molecule has 1 aromatic heterocycles. The molecule has 2 rings (SSSR count). The standard InChI is InChI=1S/C14H19N3O/c1-2-6-13(12-7-4-3-5-8-12)15-10-9-14-16-11-18-17-14/h3-5,7-8,11,13,15H,2,6,9-10H2,1H3. The molecule has 0 spiro atoms. The second kappa shape index (κ2) is 6.91. The molecule has 1 unspecified atom stereocenters. The van der Waals surface area contributed by atoms with Gasteiger partial charge in [-0.05, 0) is 12.0 Å². The van der Waals surface area contributed by atoms with E-state index in [-0.39, 0.29) is 0 Å². The summed E-state index contributed by atoms with van der Waals surface area (Å²) in [6.07, 6.45) is 4.46. The summed E-state index contributed by atoms with van der Waals surface area (Å²) in [5, 5.41) is 7.36. The molecule has 0 aliphatic carbocycles. The summed E-state index contributed by atoms with van der Waals surface area (Å²) < 4.78 is 4.72. The molecule has 1 aromatic carbocycles. The van der Waals surface area contributed by atoms with Crippen LogP contribution in [-0.2, 0) is 6.42 Å². The zero-order valence-electron chi connectivity index (χ0n) is 10.7. The van der Waals surface area contributed by atoms with Gasteiger partial charge in [0.05, 0.1) is 0 Å². The molecule has 1 N–H and O–H groups in total. The minimum absolute atomic E-state index is 0.406. The summed E-state index contributed by atoms with van der Waals surface area (Å²) >= 11 is 0. The van der Waals surface area contributed by atoms with Gasteiger partial charge in [0.1, 0.15) is 0 Å². The van der Waals surface area contributed by atoms with Crippen LogP contribution in [0.1, 0.15) is 37.2 Å². The Kier molecular flexibility index (Phi) is 4.90. The fourth-order valence-electron chi connectivity index (χ4n) is 2.02. The maximum absolute atomic E-state index is 4.72. The molecule has 2 aromatic rings. The SMILES string of the molecule is CCCC(NCCc1ncon1)c1ccccc1. The highest BCUT2D eigenvalue weighted by atomic mass is 16.5. The lowest BCUT2D eigenvalue weighted by Crippen LogP contribution is -2.24. The molecular formula is C14H19N3O. The lowest BCUT2D eigenvalue weighted by molar-refractivity contribution is 0.407. The van der Waals surface area contributed by atoms with Gasteiger partial charge >= 0.3 is 0 Å². The predicted molar refractivity (Wildman–Crippen MR) is 70.1 cm³/mol. The van der Waals surface area contributed by atoms with Crippen LogP contribution in [0.2, 0.25) is 0 Å². The summed E-state index contributed by atoms with van der Waals surface area (Å²) in [5.41, 5.74) is 1.34. The molecule has 96 valence electrons. The van der Waals surface area contributed by atoms with Crippen molar-refractivity contribution in [2.45, 2.75) is 32.2 Å². The number of benzene rings is 1. The van der Waals surface area contributed by atoms with Gasteiger partial charge in [0.25, 0.3) is 0 Å². The average Bonchev–Trinajstić information content (AvgIpc) is 2.92. The molecule has 18 heavy (non-hydrogen) atoms. The Morgan fingerprint density at radius 2 is 2.11 bits per heavy atom. The number of rotatable bonds is 7. The third-order valence-electron chi connectivity index (χ3n) is 2.93. The Hall–Kier alpha value is -1.68. The van der Waals surface area contributed by atoms with Gasteiger partial charge in [-0.1, -0.05) is 48.8 Å². The van der Waals surface area contributed by atoms with Crippen LogP contribution in [0, 0.1) is 0 Å². The number of nitrogens with one attached hydrogen (secondary N) is 1. The van der Waals surface area contributed by atoms with E-state index in [0.29, 0.717) is 6.04 Å². The molecule has 0 fully saturated rings. The third kappa shape index (κ3) is 3.67. The molecule has 0 saturated heterocycles. The van der Waals surface area contributed by atoms with Gasteiger partial charge in [0, 0.05) is 19.0 Å². The molecule has 0 radical (unpaired) electrons. The Bertz CT molecular complexity index is 428. The van der Waals surface area contributed by atoms with Crippen molar-refractivity contribution in [1.29, 1.82) is 0 Å². The van der Waals surface area contributed by atoms with Gasteiger partial charge in [-0.3, -0.25) is 0 Å². The van der Waals surface area contributed by atoms with Crippen LogP contribution < -0.4 is 5.32 Å². The van der Waals surface area contributed by atoms with Crippen LogP contribution in [-0.4, -0.2) is 16.7 Å². The summed E-state index contributed by atoms with van der Waals surface area (Å²) in [4.78, 5) is 4.01. The van der Waals surface area contributed by atoms with Crippen molar-refractivity contribution in [1.82, 2.24) is 15.5 Å². The molecule has 0 saturated carbocycles. The van der Waals surface area contributed by atoms with Crippen molar-refractivity contribution in [3.63, 3.8) is 0 Å². The Morgan fingerprint density at radius 1 is 1.28 bits per heavy atom. The first-order valence-corrected chi connectivity index (χ1v) is 6.43. The van der Waals surface area contributed by atoms with E-state index in [9.17, 15) is 0 Å². The van der Waals surface area contributed by atoms with E-state index in [1.165, 1.54) is 12.0 Å². The second-order valence-electron chi connectivity index (χ2n) is 4.30. The van der Waals surface area contributed by atoms with E-state index in [0.717, 1.165) is 31.6 Å². The largest absolute Gasteiger partial charge is 0.343 e. The highest BCUT2D eigenvalue weighted by Gasteiger charge is 2.09. The first kappa shape index (κ1) is 12.8. The highest BCUT2D eigenvalue weighted by molar-refractivity contribution is 5.18. The summed E-state index contributed by atoms with van der Waals surface area (Å²) in [6.45, 7) is 3.07. The molecule has 0 aliphatic rings. The van der Waals surface area contributed by atoms with Crippen molar-refractivity contribution < 1.29 is 4.52 Å². The minimum atomic E-state index is 0.406. The number of nitrogens with zero attached hydrogens (tertiary/aromatic N) is 2. The van der Waals surface area contributed by atoms with Gasteiger partial charge in [0.2, 0.25) is 6.39 Å². The van der Waals surface area contributed by atoms with E-state index >= 15 is 0 Å². The Balaban J connectivity index is 1.87. The van der Waals surface area contributed by atoms with E-state index in [1.807, 2.05) is 6.07 Å². The van der Waals surface area contributed by atoms with Crippen LogP contribution in [0.3, 0.4) is 0 Å². The van der Waals surface area contributed by atoms with Crippen molar-refractivity contribution >= 4 is 0 Å². The maximum Gasteiger partial charge on any atom is 0.213 e. The summed E-state index contributed by atoms with van der Waals surface area (Å²) in [6, 6.07) is 11.0. The number of aromatic nitrogens is 2. The normalized spacial score (nSPS) is 12.5. The summed E-state index contributed by atoms with van der Waals surface area (Å²) in [5.74, 6) is 0.755. The zero-order chi connectivity index (χ0) is 12.6. The van der Waals surface area contributed by atoms with Gasteiger partial charge < -0.3 is 9.84 Å². The molecule has 0 aliphatic heterocycles. The van der Waals surface area contributed by atoms with E-state index in [1.54, 1.807) is 0 Å². The molecule has 1 heterocycles. The molecule has 4 heteroatoms. The lowest BCUT2D eigenvalue weighted by atomic mass is 10.0. The summed E-state index contributed by atoms with van der Waals surface area (Å²) in [7, 11) is 0. The molecule has 4 nitrogen and oxygen atoms in total. The predicted octanol–water partition coefficient (Wildman–Crippen LogP) is 2.74. The van der Waals surface area contributed by atoms with Gasteiger partial charge in [0.15, 0.2) is 5.82 Å². The van der Waals surface area contributed by atoms with Crippen molar-refractivity contribution in [2.24, 2.45) is 0 Å². The molecular weight excluding hydrogens is 226 g/mol. The van der Waals surface area contributed by atoms with Crippen molar-refractivity contribution in [3.05, 3.63) is 48.1 Å². The Morgan fingerprint density at radius 3 is 2.78 bits per heavy atom. The van der Waals surface area contributed by atoms with Crippen LogP contribution in [0.5, 0.6) is 0 Å². The zero-order valence-corrected chi connectivity index (χ0v) is 10.7. The maximum atomic E-state index is 4.72. The third-order valence-corrected chi connectivity index (χ3v) is 2.93. The second-order valence-corrected chi connectivity index (χ2v) is 4.30. The van der Waals surface area contributed by atoms with Crippen molar-refractivity contribution in [3.8, 4) is 0 Å². The number of hydrogen-bond acceptors (Lipinski definition) is 4. The smallest absolute Gasteiger partial charge is 0.213 e. The van der Waals surface area contributed by atoms with Crippen LogP contribution in [0.15, 0.2) is 41.2 Å². The van der Waals surface area contributed by atoms with E-state index < -0.39 is 0 Å². The van der Waals surface area contributed by atoms with Gasteiger partial charge in [-0.15, -0.1) is 0 Å². The molecule has 0 amide bonds. The van der Waals surface area contributed by atoms with Gasteiger partial charge in [-0.25, -0.2) is 0 Å². The van der Waals surface area contributed by atoms with Crippen LogP contribution in [0.4, 0.5) is 0 Å². The lowest BCUT2D eigenvalue weighted by Gasteiger charge is -2.18.